The first-order valence-corrected chi connectivity index (χ1v) is 4.96. The van der Waals surface area contributed by atoms with Crippen LogP contribution in [0.2, 0.25) is 0 Å². The van der Waals surface area contributed by atoms with E-state index in [-0.39, 0.29) is 5.56 Å². The average molecular weight is 214 g/mol. The van der Waals surface area contributed by atoms with Crippen molar-refractivity contribution in [3.8, 4) is 0 Å². The van der Waals surface area contributed by atoms with Crippen LogP contribution in [0.25, 0.3) is 0 Å². The molecule has 15 heavy (non-hydrogen) atoms. The summed E-state index contributed by atoms with van der Waals surface area (Å²) in [5, 5.41) is 9.54. The molecule has 0 saturated heterocycles. The fraction of sp³-hybridized carbons (Fsp3) is 0.500. The highest BCUT2D eigenvalue weighted by molar-refractivity contribution is 5.28. The van der Waals surface area contributed by atoms with Crippen molar-refractivity contribution in [3.05, 3.63) is 35.4 Å². The van der Waals surface area contributed by atoms with E-state index >= 15 is 0 Å². The van der Waals surface area contributed by atoms with Crippen molar-refractivity contribution in [1.82, 2.24) is 0 Å². The zero-order valence-corrected chi connectivity index (χ0v) is 9.17. The molecule has 0 amide bonds. The first-order valence-electron chi connectivity index (χ1n) is 4.96. The van der Waals surface area contributed by atoms with E-state index in [0.29, 0.717) is 5.92 Å². The second kappa shape index (κ2) is 4.27. The molecule has 1 N–H and O–H groups in total. The Hall–Kier alpha value is -0.960. The summed E-state index contributed by atoms with van der Waals surface area (Å²) in [7, 11) is 0. The van der Waals surface area contributed by atoms with E-state index in [9.17, 15) is 13.9 Å². The Labute approximate surface area is 88.7 Å². The van der Waals surface area contributed by atoms with Gasteiger partial charge in [-0.15, -0.1) is 0 Å². The second-order valence-electron chi connectivity index (χ2n) is 4.22. The standard InChI is InChI=1S/C12H16F2O/c1-8(2)9-4-6-10(7-5-9)12(3,15)11(13)14/h4-8,11,15H,1-3H3. The van der Waals surface area contributed by atoms with E-state index in [1.54, 1.807) is 24.3 Å². The van der Waals surface area contributed by atoms with Gasteiger partial charge in [-0.05, 0) is 24.0 Å². The third kappa shape index (κ3) is 2.53. The minimum atomic E-state index is -2.78. The number of benzene rings is 1. The smallest absolute Gasteiger partial charge is 0.270 e. The molecule has 1 unspecified atom stereocenters. The number of hydrogen-bond acceptors (Lipinski definition) is 1. The molecule has 1 aromatic carbocycles. The molecule has 0 heterocycles. The zero-order valence-electron chi connectivity index (χ0n) is 9.17. The van der Waals surface area contributed by atoms with Gasteiger partial charge in [0, 0.05) is 0 Å². The molecule has 0 aliphatic heterocycles. The summed E-state index contributed by atoms with van der Waals surface area (Å²) < 4.78 is 25.0. The van der Waals surface area contributed by atoms with E-state index in [0.717, 1.165) is 12.5 Å². The molecule has 0 saturated carbocycles. The maximum Gasteiger partial charge on any atom is 0.270 e. The molecular formula is C12H16F2O. The predicted molar refractivity (Wildman–Crippen MR) is 56.1 cm³/mol. The summed E-state index contributed by atoms with van der Waals surface area (Å²) in [5.74, 6) is 0.357. The SMILES string of the molecule is CC(C)c1ccc(C(C)(O)C(F)F)cc1. The van der Waals surface area contributed by atoms with Gasteiger partial charge in [0.1, 0.15) is 5.60 Å². The summed E-state index contributed by atoms with van der Waals surface area (Å²) in [4.78, 5) is 0. The number of rotatable bonds is 3. The normalized spacial score (nSPS) is 15.7. The van der Waals surface area contributed by atoms with Crippen LogP contribution in [-0.2, 0) is 5.60 Å². The van der Waals surface area contributed by atoms with Crippen LogP contribution >= 0.6 is 0 Å². The molecule has 1 aromatic rings. The lowest BCUT2D eigenvalue weighted by molar-refractivity contribution is -0.0883. The van der Waals surface area contributed by atoms with Crippen molar-refractivity contribution in [2.75, 3.05) is 0 Å². The van der Waals surface area contributed by atoms with Crippen molar-refractivity contribution in [2.45, 2.75) is 38.7 Å². The topological polar surface area (TPSA) is 20.2 Å². The highest BCUT2D eigenvalue weighted by Crippen LogP contribution is 2.28. The molecule has 1 nitrogen and oxygen atoms in total. The van der Waals surface area contributed by atoms with Gasteiger partial charge >= 0.3 is 0 Å². The molecular weight excluding hydrogens is 198 g/mol. The van der Waals surface area contributed by atoms with Gasteiger partial charge in [-0.25, -0.2) is 8.78 Å². The van der Waals surface area contributed by atoms with Crippen molar-refractivity contribution in [3.63, 3.8) is 0 Å². The Morgan fingerprint density at radius 2 is 1.60 bits per heavy atom. The average Bonchev–Trinajstić information content (AvgIpc) is 2.17. The lowest BCUT2D eigenvalue weighted by atomic mass is 9.93. The van der Waals surface area contributed by atoms with Gasteiger partial charge < -0.3 is 5.11 Å². The van der Waals surface area contributed by atoms with Crippen LogP contribution in [0, 0.1) is 0 Å². The number of aliphatic hydroxyl groups is 1. The summed E-state index contributed by atoms with van der Waals surface area (Å²) >= 11 is 0. The van der Waals surface area contributed by atoms with Gasteiger partial charge in [0.15, 0.2) is 0 Å². The molecule has 84 valence electrons. The monoisotopic (exact) mass is 214 g/mol. The van der Waals surface area contributed by atoms with Gasteiger partial charge in [0.2, 0.25) is 0 Å². The van der Waals surface area contributed by atoms with Crippen LogP contribution in [0.5, 0.6) is 0 Å². The Bertz CT molecular complexity index is 315. The van der Waals surface area contributed by atoms with Crippen molar-refractivity contribution < 1.29 is 13.9 Å². The minimum Gasteiger partial charge on any atom is -0.379 e. The molecule has 0 radical (unpaired) electrons. The molecule has 1 rings (SSSR count). The molecule has 3 heteroatoms. The fourth-order valence-corrected chi connectivity index (χ4v) is 1.33. The molecule has 0 spiro atoms. The van der Waals surface area contributed by atoms with E-state index in [1.165, 1.54) is 0 Å². The minimum absolute atomic E-state index is 0.252. The van der Waals surface area contributed by atoms with Gasteiger partial charge in [-0.2, -0.15) is 0 Å². The maximum atomic E-state index is 12.5. The van der Waals surface area contributed by atoms with Crippen LogP contribution in [0.4, 0.5) is 8.78 Å². The summed E-state index contributed by atoms with van der Waals surface area (Å²) in [6.45, 7) is 5.18. The number of halogens is 2. The Balaban J connectivity index is 2.98. The Morgan fingerprint density at radius 3 is 1.93 bits per heavy atom. The first kappa shape index (κ1) is 12.1. The van der Waals surface area contributed by atoms with Crippen LogP contribution in [-0.4, -0.2) is 11.5 Å². The maximum absolute atomic E-state index is 12.5. The lowest BCUT2D eigenvalue weighted by Crippen LogP contribution is -2.30. The molecule has 0 aliphatic carbocycles. The lowest BCUT2D eigenvalue weighted by Gasteiger charge is -2.23. The molecule has 0 aliphatic rings. The Morgan fingerprint density at radius 1 is 1.13 bits per heavy atom. The van der Waals surface area contributed by atoms with E-state index < -0.39 is 12.0 Å². The Kier molecular flexibility index (Phi) is 3.45. The number of hydrogen-bond donors (Lipinski definition) is 1. The molecule has 0 fully saturated rings. The quantitative estimate of drug-likeness (QED) is 0.818. The summed E-state index contributed by atoms with van der Waals surface area (Å²) in [6.07, 6.45) is -2.78. The van der Waals surface area contributed by atoms with Crippen molar-refractivity contribution in [1.29, 1.82) is 0 Å². The van der Waals surface area contributed by atoms with E-state index in [1.807, 2.05) is 13.8 Å². The van der Waals surface area contributed by atoms with Crippen LogP contribution < -0.4 is 0 Å². The van der Waals surface area contributed by atoms with Crippen molar-refractivity contribution >= 4 is 0 Å². The van der Waals surface area contributed by atoms with E-state index in [4.69, 9.17) is 0 Å². The summed E-state index contributed by atoms with van der Waals surface area (Å²) in [6, 6.07) is 6.66. The van der Waals surface area contributed by atoms with E-state index in [2.05, 4.69) is 0 Å². The van der Waals surface area contributed by atoms with Gasteiger partial charge in [0.25, 0.3) is 6.43 Å². The first-order chi connectivity index (χ1) is 6.85. The van der Waals surface area contributed by atoms with Crippen LogP contribution in [0.15, 0.2) is 24.3 Å². The molecule has 0 aromatic heterocycles. The largest absolute Gasteiger partial charge is 0.379 e. The third-order valence-corrected chi connectivity index (χ3v) is 2.59. The molecule has 1 atom stereocenters. The van der Waals surface area contributed by atoms with Crippen molar-refractivity contribution in [2.24, 2.45) is 0 Å². The van der Waals surface area contributed by atoms with Crippen LogP contribution in [0.3, 0.4) is 0 Å². The summed E-state index contributed by atoms with van der Waals surface area (Å²) in [5.41, 5.74) is -0.735. The third-order valence-electron chi connectivity index (χ3n) is 2.59. The van der Waals surface area contributed by atoms with Gasteiger partial charge in [-0.1, -0.05) is 38.1 Å². The van der Waals surface area contributed by atoms with Gasteiger partial charge in [0.05, 0.1) is 0 Å². The zero-order chi connectivity index (χ0) is 11.6. The fourth-order valence-electron chi connectivity index (χ4n) is 1.33. The number of alkyl halides is 2. The molecule has 0 bridgehead atoms. The highest BCUT2D eigenvalue weighted by atomic mass is 19.3. The predicted octanol–water partition coefficient (Wildman–Crippen LogP) is 3.28. The highest BCUT2D eigenvalue weighted by Gasteiger charge is 2.33. The second-order valence-corrected chi connectivity index (χ2v) is 4.22. The van der Waals surface area contributed by atoms with Crippen LogP contribution in [0.1, 0.15) is 37.8 Å². The van der Waals surface area contributed by atoms with Gasteiger partial charge in [-0.3, -0.25) is 0 Å².